The van der Waals surface area contributed by atoms with Crippen molar-refractivity contribution in [3.05, 3.63) is 35.7 Å². The van der Waals surface area contributed by atoms with Gasteiger partial charge in [-0.3, -0.25) is 0 Å². The number of nitrogens with zero attached hydrogens (tertiary/aromatic N) is 3. The third-order valence-corrected chi connectivity index (χ3v) is 5.88. The van der Waals surface area contributed by atoms with Gasteiger partial charge in [0.2, 0.25) is 10.0 Å². The van der Waals surface area contributed by atoms with Crippen LogP contribution in [0.3, 0.4) is 0 Å². The lowest BCUT2D eigenvalue weighted by Crippen LogP contribution is -2.41. The van der Waals surface area contributed by atoms with Crippen LogP contribution in [-0.4, -0.2) is 49.7 Å². The minimum atomic E-state index is -3.65. The molecule has 3 rings (SSSR count). The smallest absolute Gasteiger partial charge is 0.241 e. The predicted octanol–water partition coefficient (Wildman–Crippen LogP) is 0.395. The average molecular weight is 351 g/mol. The molecular formula is C15H21N5O3S. The fraction of sp³-hybridized carbons (Fsp3) is 0.467. The van der Waals surface area contributed by atoms with Crippen LogP contribution in [0.1, 0.15) is 17.2 Å². The minimum Gasteiger partial charge on any atom is -0.496 e. The van der Waals surface area contributed by atoms with Gasteiger partial charge in [-0.05, 0) is 37.1 Å². The van der Waals surface area contributed by atoms with Gasteiger partial charge in [0.25, 0.3) is 0 Å². The zero-order chi connectivity index (χ0) is 17.3. The molecule has 2 N–H and O–H groups in total. The molecule has 24 heavy (non-hydrogen) atoms. The Bertz CT molecular complexity index is 820. The van der Waals surface area contributed by atoms with E-state index in [0.29, 0.717) is 24.4 Å². The standard InChI is InChI=1S/C15H21N5O3S/c1-10-7-15(11(2)6-14(10)23-3)24(21,22)18-12-8-16-9-13(12)20-5-4-17-19-20/h4-7,12-13,16,18H,8-9H2,1-3H3/t12-,13+/m1/s1. The second-order valence-electron chi connectivity index (χ2n) is 5.92. The lowest BCUT2D eigenvalue weighted by molar-refractivity contribution is 0.410. The molecule has 0 saturated carbocycles. The molecule has 1 aromatic heterocycles. The maximum Gasteiger partial charge on any atom is 0.241 e. The molecule has 2 aromatic rings. The van der Waals surface area contributed by atoms with Crippen LogP contribution < -0.4 is 14.8 Å². The Morgan fingerprint density at radius 2 is 2.08 bits per heavy atom. The minimum absolute atomic E-state index is 0.109. The summed E-state index contributed by atoms with van der Waals surface area (Å²) in [5.74, 6) is 0.675. The summed E-state index contributed by atoms with van der Waals surface area (Å²) in [5, 5.41) is 11.0. The maximum absolute atomic E-state index is 12.9. The van der Waals surface area contributed by atoms with E-state index < -0.39 is 10.0 Å². The van der Waals surface area contributed by atoms with E-state index >= 15 is 0 Å². The Morgan fingerprint density at radius 3 is 2.75 bits per heavy atom. The van der Waals surface area contributed by atoms with E-state index in [1.54, 1.807) is 43.2 Å². The van der Waals surface area contributed by atoms with E-state index in [2.05, 4.69) is 20.4 Å². The Labute approximate surface area is 141 Å². The van der Waals surface area contributed by atoms with Gasteiger partial charge in [-0.25, -0.2) is 17.8 Å². The largest absolute Gasteiger partial charge is 0.496 e. The number of hydrogen-bond acceptors (Lipinski definition) is 6. The number of rotatable bonds is 5. The number of nitrogens with one attached hydrogen (secondary N) is 2. The summed E-state index contributed by atoms with van der Waals surface area (Å²) in [6.45, 7) is 4.76. The van der Waals surface area contributed by atoms with Crippen molar-refractivity contribution in [3.63, 3.8) is 0 Å². The molecule has 0 amide bonds. The predicted molar refractivity (Wildman–Crippen MR) is 88.5 cm³/mol. The lowest BCUT2D eigenvalue weighted by Gasteiger charge is -2.21. The van der Waals surface area contributed by atoms with Crippen molar-refractivity contribution in [2.24, 2.45) is 0 Å². The first-order valence-electron chi connectivity index (χ1n) is 7.66. The fourth-order valence-corrected chi connectivity index (χ4v) is 4.57. The maximum atomic E-state index is 12.9. The summed E-state index contributed by atoms with van der Waals surface area (Å²) in [4.78, 5) is 0.269. The zero-order valence-electron chi connectivity index (χ0n) is 13.9. The molecule has 1 fully saturated rings. The highest BCUT2D eigenvalue weighted by Crippen LogP contribution is 2.26. The molecule has 9 heteroatoms. The molecule has 2 atom stereocenters. The van der Waals surface area contributed by atoms with Crippen molar-refractivity contribution in [1.82, 2.24) is 25.0 Å². The Hall–Kier alpha value is -1.97. The summed E-state index contributed by atoms with van der Waals surface area (Å²) in [7, 11) is -2.08. The molecule has 1 aliphatic rings. The van der Waals surface area contributed by atoms with Crippen LogP contribution >= 0.6 is 0 Å². The molecule has 8 nitrogen and oxygen atoms in total. The molecule has 1 aliphatic heterocycles. The number of aryl methyl sites for hydroxylation is 2. The molecule has 1 aromatic carbocycles. The highest BCUT2D eigenvalue weighted by atomic mass is 32.2. The highest BCUT2D eigenvalue weighted by Gasteiger charge is 2.33. The fourth-order valence-electron chi connectivity index (χ4n) is 2.99. The first kappa shape index (κ1) is 16.9. The first-order valence-corrected chi connectivity index (χ1v) is 9.15. The zero-order valence-corrected chi connectivity index (χ0v) is 14.7. The van der Waals surface area contributed by atoms with Gasteiger partial charge in [-0.2, -0.15) is 0 Å². The van der Waals surface area contributed by atoms with Gasteiger partial charge < -0.3 is 10.1 Å². The topological polar surface area (TPSA) is 98.1 Å². The van der Waals surface area contributed by atoms with Crippen LogP contribution in [0.25, 0.3) is 0 Å². The van der Waals surface area contributed by atoms with Gasteiger partial charge in [0.05, 0.1) is 30.3 Å². The van der Waals surface area contributed by atoms with Gasteiger partial charge in [0.15, 0.2) is 0 Å². The van der Waals surface area contributed by atoms with E-state index in [-0.39, 0.29) is 17.0 Å². The summed E-state index contributed by atoms with van der Waals surface area (Å²) in [5.41, 5.74) is 1.43. The summed E-state index contributed by atoms with van der Waals surface area (Å²) >= 11 is 0. The molecule has 0 unspecified atom stereocenters. The van der Waals surface area contributed by atoms with Crippen LogP contribution in [-0.2, 0) is 10.0 Å². The summed E-state index contributed by atoms with van der Waals surface area (Å²) < 4.78 is 35.4. The lowest BCUT2D eigenvalue weighted by atomic mass is 10.1. The Kier molecular flexibility index (Phi) is 4.57. The second kappa shape index (κ2) is 6.50. The van der Waals surface area contributed by atoms with Crippen molar-refractivity contribution in [2.75, 3.05) is 20.2 Å². The van der Waals surface area contributed by atoms with Gasteiger partial charge in [0, 0.05) is 19.3 Å². The molecule has 130 valence electrons. The second-order valence-corrected chi connectivity index (χ2v) is 7.61. The van der Waals surface area contributed by atoms with E-state index in [1.807, 2.05) is 6.92 Å². The number of ether oxygens (including phenoxy) is 1. The van der Waals surface area contributed by atoms with Gasteiger partial charge in [-0.1, -0.05) is 5.21 Å². The molecule has 0 radical (unpaired) electrons. The molecule has 1 saturated heterocycles. The molecule has 0 aliphatic carbocycles. The molecule has 0 bridgehead atoms. The van der Waals surface area contributed by atoms with Crippen molar-refractivity contribution >= 4 is 10.0 Å². The van der Waals surface area contributed by atoms with Crippen molar-refractivity contribution < 1.29 is 13.2 Å². The van der Waals surface area contributed by atoms with E-state index in [0.717, 1.165) is 5.56 Å². The first-order chi connectivity index (χ1) is 11.4. The number of aromatic nitrogens is 3. The normalized spacial score (nSPS) is 21.1. The number of benzene rings is 1. The van der Waals surface area contributed by atoms with E-state index in [1.165, 1.54) is 0 Å². The van der Waals surface area contributed by atoms with Crippen LogP contribution in [0.4, 0.5) is 0 Å². The van der Waals surface area contributed by atoms with Crippen LogP contribution in [0.15, 0.2) is 29.4 Å². The average Bonchev–Trinajstić information content (AvgIpc) is 3.19. The van der Waals surface area contributed by atoms with Crippen LogP contribution in [0.5, 0.6) is 5.75 Å². The van der Waals surface area contributed by atoms with Gasteiger partial charge in [0.1, 0.15) is 5.75 Å². The number of methoxy groups -OCH3 is 1. The SMILES string of the molecule is COc1cc(C)c(S(=O)(=O)N[C@@H]2CNC[C@@H]2n2ccnn2)cc1C. The third kappa shape index (κ3) is 3.14. The molecular weight excluding hydrogens is 330 g/mol. The van der Waals surface area contributed by atoms with Gasteiger partial charge >= 0.3 is 0 Å². The van der Waals surface area contributed by atoms with Crippen LogP contribution in [0.2, 0.25) is 0 Å². The van der Waals surface area contributed by atoms with Crippen molar-refractivity contribution in [3.8, 4) is 5.75 Å². The number of sulfonamides is 1. The summed E-state index contributed by atoms with van der Waals surface area (Å²) in [6.07, 6.45) is 3.32. The third-order valence-electron chi connectivity index (χ3n) is 4.25. The number of hydrogen-bond donors (Lipinski definition) is 2. The molecule has 2 heterocycles. The van der Waals surface area contributed by atoms with Crippen LogP contribution in [0, 0.1) is 13.8 Å². The van der Waals surface area contributed by atoms with Crippen molar-refractivity contribution in [1.29, 1.82) is 0 Å². The highest BCUT2D eigenvalue weighted by molar-refractivity contribution is 7.89. The Balaban J connectivity index is 1.87. The monoisotopic (exact) mass is 351 g/mol. The summed E-state index contributed by atoms with van der Waals surface area (Å²) in [6, 6.07) is 2.98. The van der Waals surface area contributed by atoms with E-state index in [4.69, 9.17) is 4.74 Å². The molecule has 0 spiro atoms. The van der Waals surface area contributed by atoms with Gasteiger partial charge in [-0.15, -0.1) is 5.10 Å². The quantitative estimate of drug-likeness (QED) is 0.809. The van der Waals surface area contributed by atoms with E-state index in [9.17, 15) is 8.42 Å². The Morgan fingerprint density at radius 1 is 1.29 bits per heavy atom. The van der Waals surface area contributed by atoms with Crippen molar-refractivity contribution in [2.45, 2.75) is 30.8 Å².